The lowest BCUT2D eigenvalue weighted by Crippen LogP contribution is -2.15. The number of nitrogens with one attached hydrogen (secondary N) is 1. The molecule has 1 aromatic carbocycles. The van der Waals surface area contributed by atoms with Gasteiger partial charge >= 0.3 is 5.97 Å². The Morgan fingerprint density at radius 2 is 2.07 bits per heavy atom. The summed E-state index contributed by atoms with van der Waals surface area (Å²) >= 11 is 0. The van der Waals surface area contributed by atoms with Gasteiger partial charge in [0.25, 0.3) is 0 Å². The predicted octanol–water partition coefficient (Wildman–Crippen LogP) is 3.78. The van der Waals surface area contributed by atoms with E-state index >= 15 is 0 Å². The summed E-state index contributed by atoms with van der Waals surface area (Å²) in [5, 5.41) is 15.9. The third-order valence-corrected chi connectivity index (χ3v) is 4.63. The van der Waals surface area contributed by atoms with Crippen LogP contribution in [0.2, 0.25) is 0 Å². The first-order chi connectivity index (χ1) is 13.4. The molecule has 1 saturated carbocycles. The molecule has 28 heavy (non-hydrogen) atoms. The maximum absolute atomic E-state index is 12.4. The zero-order chi connectivity index (χ0) is 20.1. The van der Waals surface area contributed by atoms with Crippen LogP contribution in [0.1, 0.15) is 73.9 Å². The van der Waals surface area contributed by atoms with Crippen LogP contribution in [0.4, 0.5) is 5.69 Å². The molecule has 0 atom stereocenters. The van der Waals surface area contributed by atoms with Gasteiger partial charge in [-0.3, -0.25) is 4.79 Å². The minimum absolute atomic E-state index is 0.0736. The number of benzene rings is 1. The first kappa shape index (κ1) is 19.9. The molecule has 2 N–H and O–H groups in total. The van der Waals surface area contributed by atoms with Crippen LogP contribution < -0.4 is 10.1 Å². The average Bonchev–Trinajstić information content (AvgIpc) is 3.32. The van der Waals surface area contributed by atoms with Crippen molar-refractivity contribution in [3.8, 4) is 5.75 Å². The van der Waals surface area contributed by atoms with Crippen molar-refractivity contribution in [2.75, 3.05) is 5.32 Å². The van der Waals surface area contributed by atoms with Gasteiger partial charge in [-0.2, -0.15) is 4.98 Å². The summed E-state index contributed by atoms with van der Waals surface area (Å²) in [5.41, 5.74) is 0.403. The highest BCUT2D eigenvalue weighted by Gasteiger charge is 2.22. The lowest BCUT2D eigenvalue weighted by atomic mass is 10.1. The number of nitrogens with zero attached hydrogens (tertiary/aromatic N) is 2. The number of carboxylic acids is 1. The first-order valence-corrected chi connectivity index (χ1v) is 9.58. The van der Waals surface area contributed by atoms with Gasteiger partial charge in [0.05, 0.1) is 17.4 Å². The van der Waals surface area contributed by atoms with Crippen molar-refractivity contribution in [1.29, 1.82) is 0 Å². The van der Waals surface area contributed by atoms with E-state index < -0.39 is 5.97 Å². The lowest BCUT2D eigenvalue weighted by Gasteiger charge is -2.15. The maximum Gasteiger partial charge on any atom is 0.335 e. The fourth-order valence-corrected chi connectivity index (χ4v) is 3.27. The second kappa shape index (κ2) is 8.86. The number of carbonyl (C=O) groups is 2. The molecule has 8 nitrogen and oxygen atoms in total. The van der Waals surface area contributed by atoms with Crippen molar-refractivity contribution in [2.45, 2.75) is 64.4 Å². The van der Waals surface area contributed by atoms with Gasteiger partial charge in [0, 0.05) is 18.8 Å². The molecule has 150 valence electrons. The number of aromatic carboxylic acids is 1. The highest BCUT2D eigenvalue weighted by atomic mass is 16.5. The van der Waals surface area contributed by atoms with Crippen molar-refractivity contribution in [1.82, 2.24) is 10.1 Å². The van der Waals surface area contributed by atoms with Crippen molar-refractivity contribution in [2.24, 2.45) is 0 Å². The number of aromatic nitrogens is 2. The molecule has 1 amide bonds. The van der Waals surface area contributed by atoms with Crippen molar-refractivity contribution in [3.05, 3.63) is 35.5 Å². The Labute approximate surface area is 163 Å². The maximum atomic E-state index is 12.4. The Morgan fingerprint density at radius 1 is 1.32 bits per heavy atom. The minimum atomic E-state index is -1.07. The number of hydrogen-bond donors (Lipinski definition) is 2. The topological polar surface area (TPSA) is 115 Å². The van der Waals surface area contributed by atoms with Crippen LogP contribution in [-0.2, 0) is 11.2 Å². The molecule has 0 aliphatic heterocycles. The number of amides is 1. The van der Waals surface area contributed by atoms with Gasteiger partial charge < -0.3 is 19.7 Å². The summed E-state index contributed by atoms with van der Waals surface area (Å²) in [6.45, 7) is 3.71. The second-order valence-corrected chi connectivity index (χ2v) is 7.26. The Bertz CT molecular complexity index is 840. The molecule has 1 aromatic heterocycles. The molecule has 0 bridgehead atoms. The summed E-state index contributed by atoms with van der Waals surface area (Å²) in [7, 11) is 0. The van der Waals surface area contributed by atoms with Crippen LogP contribution in [0.3, 0.4) is 0 Å². The third-order valence-electron chi connectivity index (χ3n) is 4.63. The number of hydrogen-bond acceptors (Lipinski definition) is 6. The largest absolute Gasteiger partial charge is 0.489 e. The summed E-state index contributed by atoms with van der Waals surface area (Å²) < 4.78 is 10.9. The van der Waals surface area contributed by atoms with Gasteiger partial charge in [0.2, 0.25) is 11.8 Å². The van der Waals surface area contributed by atoms with Gasteiger partial charge in [0.15, 0.2) is 5.82 Å². The molecule has 0 spiro atoms. The lowest BCUT2D eigenvalue weighted by molar-refractivity contribution is -0.116. The molecule has 1 fully saturated rings. The smallest absolute Gasteiger partial charge is 0.335 e. The summed E-state index contributed by atoms with van der Waals surface area (Å²) in [6.07, 6.45) is 4.89. The summed E-state index contributed by atoms with van der Waals surface area (Å²) in [6, 6.07) is 4.38. The number of carbonyl (C=O) groups excluding carboxylic acids is 1. The zero-order valence-electron chi connectivity index (χ0n) is 16.1. The molecule has 3 rings (SSSR count). The van der Waals surface area contributed by atoms with Crippen molar-refractivity contribution >= 4 is 17.6 Å². The van der Waals surface area contributed by atoms with E-state index in [1.807, 2.05) is 13.8 Å². The molecule has 0 radical (unpaired) electrons. The van der Waals surface area contributed by atoms with E-state index in [2.05, 4.69) is 15.5 Å². The monoisotopic (exact) mass is 387 g/mol. The normalized spacial score (nSPS) is 14.4. The quantitative estimate of drug-likeness (QED) is 0.708. The average molecular weight is 387 g/mol. The van der Waals surface area contributed by atoms with E-state index in [0.29, 0.717) is 29.7 Å². The fourth-order valence-electron chi connectivity index (χ4n) is 3.27. The van der Waals surface area contributed by atoms with E-state index in [9.17, 15) is 14.7 Å². The predicted molar refractivity (Wildman–Crippen MR) is 102 cm³/mol. The van der Waals surface area contributed by atoms with E-state index in [0.717, 1.165) is 18.7 Å². The SMILES string of the molecule is CC(C)Oc1ccc(C(=O)O)cc1NC(=O)CCc1nc(C2CCCC2)no1. The number of rotatable bonds is 8. The molecule has 0 unspecified atom stereocenters. The molecule has 0 saturated heterocycles. The van der Waals surface area contributed by atoms with Gasteiger partial charge in [-0.1, -0.05) is 18.0 Å². The van der Waals surface area contributed by atoms with E-state index in [-0.39, 0.29) is 24.0 Å². The number of aryl methyl sites for hydroxylation is 1. The Morgan fingerprint density at radius 3 is 2.75 bits per heavy atom. The molecule has 1 aliphatic carbocycles. The van der Waals surface area contributed by atoms with Crippen molar-refractivity contribution < 1.29 is 24.0 Å². The van der Waals surface area contributed by atoms with E-state index in [4.69, 9.17) is 9.26 Å². The van der Waals surface area contributed by atoms with Crippen LogP contribution in [0.15, 0.2) is 22.7 Å². The number of anilines is 1. The zero-order valence-corrected chi connectivity index (χ0v) is 16.1. The fraction of sp³-hybridized carbons (Fsp3) is 0.500. The highest BCUT2D eigenvalue weighted by molar-refractivity contribution is 5.95. The van der Waals surface area contributed by atoms with Crippen LogP contribution in [-0.4, -0.2) is 33.2 Å². The Balaban J connectivity index is 1.62. The number of ether oxygens (including phenoxy) is 1. The molecule has 1 heterocycles. The van der Waals surface area contributed by atoms with Gasteiger partial charge in [-0.25, -0.2) is 4.79 Å². The van der Waals surface area contributed by atoms with E-state index in [1.54, 1.807) is 6.07 Å². The molecular formula is C20H25N3O5. The molecular weight excluding hydrogens is 362 g/mol. The first-order valence-electron chi connectivity index (χ1n) is 9.58. The van der Waals surface area contributed by atoms with Gasteiger partial charge in [0.1, 0.15) is 5.75 Å². The standard InChI is InChI=1S/C20H25N3O5/c1-12(2)27-16-8-7-14(20(25)26)11-15(16)21-17(24)9-10-18-22-19(23-28-18)13-5-3-4-6-13/h7-8,11-13H,3-6,9-10H2,1-2H3,(H,21,24)(H,25,26). The molecule has 1 aliphatic rings. The Hall–Kier alpha value is -2.90. The van der Waals surface area contributed by atoms with Gasteiger partial charge in [-0.05, 0) is 44.9 Å². The van der Waals surface area contributed by atoms with Crippen LogP contribution in [0.25, 0.3) is 0 Å². The van der Waals surface area contributed by atoms with E-state index in [1.165, 1.54) is 25.0 Å². The molecule has 8 heteroatoms. The molecule has 2 aromatic rings. The summed E-state index contributed by atoms with van der Waals surface area (Å²) in [5.74, 6) is 0.605. The number of carboxylic acid groups (broad SMARTS) is 1. The van der Waals surface area contributed by atoms with Crippen molar-refractivity contribution in [3.63, 3.8) is 0 Å². The van der Waals surface area contributed by atoms with Crippen LogP contribution in [0, 0.1) is 0 Å². The third kappa shape index (κ3) is 5.09. The van der Waals surface area contributed by atoms with Gasteiger partial charge in [-0.15, -0.1) is 0 Å². The van der Waals surface area contributed by atoms with Crippen LogP contribution in [0.5, 0.6) is 5.75 Å². The summed E-state index contributed by atoms with van der Waals surface area (Å²) in [4.78, 5) is 28.0. The minimum Gasteiger partial charge on any atom is -0.489 e. The Kier molecular flexibility index (Phi) is 6.28. The highest BCUT2D eigenvalue weighted by Crippen LogP contribution is 2.32. The second-order valence-electron chi connectivity index (χ2n) is 7.26. The van der Waals surface area contributed by atoms with Crippen LogP contribution >= 0.6 is 0 Å².